The predicted octanol–water partition coefficient (Wildman–Crippen LogP) is 2.87. The third-order valence-electron chi connectivity index (χ3n) is 4.45. The molecule has 122 valence electrons. The van der Waals surface area contributed by atoms with Gasteiger partial charge in [-0.1, -0.05) is 47.7 Å². The van der Waals surface area contributed by atoms with Gasteiger partial charge in [0.1, 0.15) is 12.1 Å². The Labute approximate surface area is 140 Å². The molecule has 1 heterocycles. The molecule has 1 fully saturated rings. The lowest BCUT2D eigenvalue weighted by molar-refractivity contribution is -0.132. The summed E-state index contributed by atoms with van der Waals surface area (Å²) in [5.74, 6) is 0.756. The third-order valence-corrected chi connectivity index (χ3v) is 4.45. The maximum Gasteiger partial charge on any atom is 0.244 e. The van der Waals surface area contributed by atoms with Gasteiger partial charge in [0, 0.05) is 13.1 Å². The lowest BCUT2D eigenvalue weighted by Crippen LogP contribution is -2.35. The van der Waals surface area contributed by atoms with Crippen molar-refractivity contribution in [2.24, 2.45) is 5.92 Å². The first kappa shape index (κ1) is 14.9. The van der Waals surface area contributed by atoms with Gasteiger partial charge in [-0.05, 0) is 36.5 Å². The highest BCUT2D eigenvalue weighted by molar-refractivity contribution is 5.79. The number of carbonyl (C=O) groups is 1. The second-order valence-electron chi connectivity index (χ2n) is 6.44. The maximum atomic E-state index is 12.9. The van der Waals surface area contributed by atoms with E-state index in [2.05, 4.69) is 22.4 Å². The van der Waals surface area contributed by atoms with E-state index >= 15 is 0 Å². The van der Waals surface area contributed by atoms with Crippen molar-refractivity contribution in [1.29, 1.82) is 0 Å². The van der Waals surface area contributed by atoms with Crippen LogP contribution in [0.2, 0.25) is 0 Å². The lowest BCUT2D eigenvalue weighted by Gasteiger charge is -2.23. The minimum Gasteiger partial charge on any atom is -0.336 e. The Morgan fingerprint density at radius 3 is 2.62 bits per heavy atom. The molecule has 0 atom stereocenters. The first-order valence-corrected chi connectivity index (χ1v) is 8.39. The van der Waals surface area contributed by atoms with Gasteiger partial charge >= 0.3 is 0 Å². The minimum absolute atomic E-state index is 0.0985. The molecular weight excluding hydrogens is 300 g/mol. The van der Waals surface area contributed by atoms with Gasteiger partial charge in [-0.2, -0.15) is 0 Å². The quantitative estimate of drug-likeness (QED) is 0.702. The summed E-state index contributed by atoms with van der Waals surface area (Å²) in [6.07, 6.45) is 2.45. The Kier molecular flexibility index (Phi) is 3.99. The second kappa shape index (κ2) is 6.43. The summed E-state index contributed by atoms with van der Waals surface area (Å²) in [6, 6.07) is 17.9. The van der Waals surface area contributed by atoms with Crippen molar-refractivity contribution >= 4 is 16.9 Å². The first-order valence-electron chi connectivity index (χ1n) is 8.39. The van der Waals surface area contributed by atoms with Gasteiger partial charge in [0.25, 0.3) is 0 Å². The number of carbonyl (C=O) groups excluding carboxylic acids is 1. The maximum absolute atomic E-state index is 12.9. The fourth-order valence-electron chi connectivity index (χ4n) is 2.93. The average Bonchev–Trinajstić information content (AvgIpc) is 3.35. The smallest absolute Gasteiger partial charge is 0.244 e. The topological polar surface area (TPSA) is 51.0 Å². The van der Waals surface area contributed by atoms with Gasteiger partial charge in [0.05, 0.1) is 5.52 Å². The largest absolute Gasteiger partial charge is 0.336 e. The van der Waals surface area contributed by atoms with Crippen LogP contribution in [0, 0.1) is 5.92 Å². The van der Waals surface area contributed by atoms with Crippen LogP contribution < -0.4 is 0 Å². The van der Waals surface area contributed by atoms with Crippen LogP contribution in [0.1, 0.15) is 18.4 Å². The van der Waals surface area contributed by atoms with Gasteiger partial charge in [0.15, 0.2) is 0 Å². The van der Waals surface area contributed by atoms with E-state index in [1.807, 2.05) is 47.4 Å². The first-order chi connectivity index (χ1) is 11.8. The Bertz CT molecular complexity index is 839. The number of hydrogen-bond acceptors (Lipinski definition) is 3. The summed E-state index contributed by atoms with van der Waals surface area (Å²) in [5, 5.41) is 8.27. The van der Waals surface area contributed by atoms with E-state index in [-0.39, 0.29) is 12.5 Å². The molecule has 0 spiro atoms. The zero-order chi connectivity index (χ0) is 16.4. The number of nitrogens with zero attached hydrogens (tertiary/aromatic N) is 4. The van der Waals surface area contributed by atoms with Crippen molar-refractivity contribution in [2.75, 3.05) is 6.54 Å². The molecule has 24 heavy (non-hydrogen) atoms. The Morgan fingerprint density at radius 2 is 1.83 bits per heavy atom. The molecule has 0 unspecified atom stereocenters. The number of aromatic nitrogens is 3. The van der Waals surface area contributed by atoms with E-state index in [0.29, 0.717) is 12.5 Å². The summed E-state index contributed by atoms with van der Waals surface area (Å²) in [7, 11) is 0. The highest BCUT2D eigenvalue weighted by Crippen LogP contribution is 2.30. The molecule has 5 heteroatoms. The van der Waals surface area contributed by atoms with Crippen LogP contribution in [-0.2, 0) is 17.9 Å². The normalized spacial score (nSPS) is 14.0. The van der Waals surface area contributed by atoms with Crippen molar-refractivity contribution < 1.29 is 4.79 Å². The number of rotatable bonds is 6. The number of hydrogen-bond donors (Lipinski definition) is 0. The standard InChI is InChI=1S/C19H20N4O/c24-19(14-23-18-9-5-4-8-17(18)20-21-23)22(13-16-10-11-16)12-15-6-2-1-3-7-15/h1-9,16H,10-14H2. The van der Waals surface area contributed by atoms with Gasteiger partial charge in [-0.15, -0.1) is 5.10 Å². The molecule has 0 N–H and O–H groups in total. The number of fused-ring (bicyclic) bond motifs is 1. The van der Waals surface area contributed by atoms with E-state index in [0.717, 1.165) is 23.1 Å². The van der Waals surface area contributed by atoms with Crippen molar-refractivity contribution in [3.8, 4) is 0 Å². The fraction of sp³-hybridized carbons (Fsp3) is 0.316. The molecular formula is C19H20N4O. The predicted molar refractivity (Wildman–Crippen MR) is 92.1 cm³/mol. The molecule has 0 saturated heterocycles. The summed E-state index contributed by atoms with van der Waals surface area (Å²) in [4.78, 5) is 14.8. The molecule has 1 aromatic heterocycles. The Morgan fingerprint density at radius 1 is 1.08 bits per heavy atom. The third kappa shape index (κ3) is 3.30. The van der Waals surface area contributed by atoms with Gasteiger partial charge in [-0.25, -0.2) is 4.68 Å². The van der Waals surface area contributed by atoms with Crippen LogP contribution in [0.5, 0.6) is 0 Å². The Balaban J connectivity index is 1.52. The fourth-order valence-corrected chi connectivity index (χ4v) is 2.93. The summed E-state index contributed by atoms with van der Waals surface area (Å²) in [5.41, 5.74) is 2.88. The molecule has 0 aliphatic heterocycles. The number of benzene rings is 2. The highest BCUT2D eigenvalue weighted by Gasteiger charge is 2.27. The zero-order valence-corrected chi connectivity index (χ0v) is 13.5. The van der Waals surface area contributed by atoms with E-state index in [9.17, 15) is 4.79 Å². The molecule has 1 amide bonds. The van der Waals surface area contributed by atoms with Crippen LogP contribution in [-0.4, -0.2) is 32.3 Å². The molecule has 2 aromatic carbocycles. The van der Waals surface area contributed by atoms with Crippen LogP contribution in [0.3, 0.4) is 0 Å². The van der Waals surface area contributed by atoms with Crippen LogP contribution in [0.15, 0.2) is 54.6 Å². The van der Waals surface area contributed by atoms with Crippen molar-refractivity contribution in [3.63, 3.8) is 0 Å². The second-order valence-corrected chi connectivity index (χ2v) is 6.44. The highest BCUT2D eigenvalue weighted by atomic mass is 16.2. The van der Waals surface area contributed by atoms with Gasteiger partial charge in [0.2, 0.25) is 5.91 Å². The van der Waals surface area contributed by atoms with E-state index in [1.54, 1.807) is 4.68 Å². The van der Waals surface area contributed by atoms with Crippen molar-refractivity contribution in [2.45, 2.75) is 25.9 Å². The minimum atomic E-state index is 0.0985. The molecule has 5 nitrogen and oxygen atoms in total. The molecule has 3 aromatic rings. The van der Waals surface area contributed by atoms with Crippen molar-refractivity contribution in [3.05, 3.63) is 60.2 Å². The molecule has 1 saturated carbocycles. The van der Waals surface area contributed by atoms with E-state index in [1.165, 1.54) is 12.8 Å². The molecule has 4 rings (SSSR count). The number of amides is 1. The summed E-state index contributed by atoms with van der Waals surface area (Å²) < 4.78 is 1.70. The summed E-state index contributed by atoms with van der Waals surface area (Å²) in [6.45, 7) is 1.73. The van der Waals surface area contributed by atoms with Crippen LogP contribution >= 0.6 is 0 Å². The lowest BCUT2D eigenvalue weighted by atomic mass is 10.2. The molecule has 1 aliphatic rings. The monoisotopic (exact) mass is 320 g/mol. The van der Waals surface area contributed by atoms with Crippen molar-refractivity contribution in [1.82, 2.24) is 19.9 Å². The zero-order valence-electron chi connectivity index (χ0n) is 13.5. The number of para-hydroxylation sites is 1. The molecule has 0 bridgehead atoms. The molecule has 0 radical (unpaired) electrons. The summed E-state index contributed by atoms with van der Waals surface area (Å²) >= 11 is 0. The van der Waals surface area contributed by atoms with E-state index in [4.69, 9.17) is 0 Å². The van der Waals surface area contributed by atoms with Crippen LogP contribution in [0.4, 0.5) is 0 Å². The van der Waals surface area contributed by atoms with E-state index < -0.39 is 0 Å². The Hall–Kier alpha value is -2.69. The average molecular weight is 320 g/mol. The SMILES string of the molecule is O=C(Cn1nnc2ccccc21)N(Cc1ccccc1)CC1CC1. The van der Waals surface area contributed by atoms with Crippen LogP contribution in [0.25, 0.3) is 11.0 Å². The van der Waals surface area contributed by atoms with Gasteiger partial charge < -0.3 is 4.90 Å². The molecule has 1 aliphatic carbocycles. The van der Waals surface area contributed by atoms with Gasteiger partial charge in [-0.3, -0.25) is 4.79 Å².